The zero-order valence-electron chi connectivity index (χ0n) is 8.04. The van der Waals surface area contributed by atoms with Gasteiger partial charge in [0.2, 0.25) is 0 Å². The van der Waals surface area contributed by atoms with Crippen LogP contribution in [0.5, 0.6) is 0 Å². The summed E-state index contributed by atoms with van der Waals surface area (Å²) in [5.41, 5.74) is 2.76. The average Bonchev–Trinajstić information content (AvgIpc) is 2.22. The molecule has 0 amide bonds. The molecular formula is C11H8Cl2N2. The Bertz CT molecular complexity index is 498. The predicted octanol–water partition coefficient (Wildman–Crippen LogP) is 3.76. The van der Waals surface area contributed by atoms with Crippen LogP contribution in [0.3, 0.4) is 0 Å². The number of aryl methyl sites for hydroxylation is 1. The molecule has 1 heterocycles. The van der Waals surface area contributed by atoms with Gasteiger partial charge in [-0.05, 0) is 18.6 Å². The Morgan fingerprint density at radius 3 is 2.53 bits per heavy atom. The highest BCUT2D eigenvalue weighted by Gasteiger charge is 2.02. The summed E-state index contributed by atoms with van der Waals surface area (Å²) in [5, 5.41) is 1.15. The Morgan fingerprint density at radius 2 is 1.87 bits per heavy atom. The number of rotatable bonds is 1. The van der Waals surface area contributed by atoms with E-state index in [0.717, 1.165) is 21.8 Å². The van der Waals surface area contributed by atoms with Crippen LogP contribution in [0, 0.1) is 6.92 Å². The molecule has 2 aromatic rings. The molecule has 4 heteroatoms. The van der Waals surface area contributed by atoms with Gasteiger partial charge >= 0.3 is 0 Å². The Morgan fingerprint density at radius 1 is 1.07 bits per heavy atom. The van der Waals surface area contributed by atoms with E-state index in [1.807, 2.05) is 25.1 Å². The van der Waals surface area contributed by atoms with Crippen molar-refractivity contribution in [1.82, 2.24) is 9.97 Å². The van der Waals surface area contributed by atoms with Crippen LogP contribution in [-0.4, -0.2) is 9.97 Å². The minimum Gasteiger partial charge on any atom is -0.236 e. The molecule has 0 aliphatic rings. The van der Waals surface area contributed by atoms with Crippen molar-refractivity contribution in [3.63, 3.8) is 0 Å². The van der Waals surface area contributed by atoms with Gasteiger partial charge in [-0.15, -0.1) is 0 Å². The van der Waals surface area contributed by atoms with E-state index in [2.05, 4.69) is 9.97 Å². The van der Waals surface area contributed by atoms with Crippen molar-refractivity contribution in [2.24, 2.45) is 0 Å². The lowest BCUT2D eigenvalue weighted by Crippen LogP contribution is -1.86. The second-order valence-electron chi connectivity index (χ2n) is 3.19. The number of hydrogen-bond acceptors (Lipinski definition) is 2. The molecule has 1 aromatic carbocycles. The van der Waals surface area contributed by atoms with Crippen LogP contribution in [0.25, 0.3) is 11.3 Å². The van der Waals surface area contributed by atoms with Gasteiger partial charge in [0.25, 0.3) is 0 Å². The van der Waals surface area contributed by atoms with Crippen molar-refractivity contribution >= 4 is 23.2 Å². The van der Waals surface area contributed by atoms with Gasteiger partial charge in [-0.2, -0.15) is 0 Å². The highest BCUT2D eigenvalue weighted by atomic mass is 35.5. The molecule has 0 radical (unpaired) electrons. The maximum absolute atomic E-state index is 6.03. The molecule has 0 bridgehead atoms. The van der Waals surface area contributed by atoms with E-state index in [1.165, 1.54) is 6.33 Å². The Balaban J connectivity index is 2.50. The van der Waals surface area contributed by atoms with Gasteiger partial charge in [0, 0.05) is 16.7 Å². The monoisotopic (exact) mass is 238 g/mol. The lowest BCUT2D eigenvalue weighted by Gasteiger charge is -2.03. The van der Waals surface area contributed by atoms with E-state index in [0.29, 0.717) is 5.15 Å². The topological polar surface area (TPSA) is 25.8 Å². The highest BCUT2D eigenvalue weighted by Crippen LogP contribution is 2.24. The quantitative estimate of drug-likeness (QED) is 0.708. The smallest absolute Gasteiger partial charge is 0.133 e. The molecule has 0 aliphatic heterocycles. The van der Waals surface area contributed by atoms with Crippen LogP contribution < -0.4 is 0 Å². The van der Waals surface area contributed by atoms with E-state index >= 15 is 0 Å². The summed E-state index contributed by atoms with van der Waals surface area (Å²) >= 11 is 11.8. The first-order chi connectivity index (χ1) is 7.16. The maximum atomic E-state index is 6.03. The van der Waals surface area contributed by atoms with Gasteiger partial charge in [0.05, 0.1) is 5.69 Å². The fourth-order valence-corrected chi connectivity index (χ4v) is 1.57. The van der Waals surface area contributed by atoms with Crippen LogP contribution in [0.2, 0.25) is 10.2 Å². The van der Waals surface area contributed by atoms with Crippen molar-refractivity contribution in [3.05, 3.63) is 46.3 Å². The lowest BCUT2D eigenvalue weighted by molar-refractivity contribution is 1.17. The van der Waals surface area contributed by atoms with Crippen molar-refractivity contribution in [2.75, 3.05) is 0 Å². The highest BCUT2D eigenvalue weighted by molar-refractivity contribution is 6.31. The average molecular weight is 239 g/mol. The van der Waals surface area contributed by atoms with Gasteiger partial charge in [-0.25, -0.2) is 9.97 Å². The maximum Gasteiger partial charge on any atom is 0.133 e. The summed E-state index contributed by atoms with van der Waals surface area (Å²) in [7, 11) is 0. The second-order valence-corrected chi connectivity index (χ2v) is 3.98. The number of hydrogen-bond donors (Lipinski definition) is 0. The van der Waals surface area contributed by atoms with Crippen molar-refractivity contribution < 1.29 is 0 Å². The fraction of sp³-hybridized carbons (Fsp3) is 0.0909. The van der Waals surface area contributed by atoms with Crippen LogP contribution in [0.15, 0.2) is 30.6 Å². The first-order valence-corrected chi connectivity index (χ1v) is 5.16. The first-order valence-electron chi connectivity index (χ1n) is 4.41. The van der Waals surface area contributed by atoms with Crippen molar-refractivity contribution in [2.45, 2.75) is 6.92 Å². The van der Waals surface area contributed by atoms with Crippen LogP contribution in [-0.2, 0) is 0 Å². The number of benzene rings is 1. The molecule has 2 nitrogen and oxygen atoms in total. The largest absolute Gasteiger partial charge is 0.236 e. The molecule has 0 aliphatic carbocycles. The van der Waals surface area contributed by atoms with Crippen LogP contribution >= 0.6 is 23.2 Å². The third-order valence-electron chi connectivity index (χ3n) is 2.10. The molecule has 0 saturated heterocycles. The van der Waals surface area contributed by atoms with E-state index in [1.54, 1.807) is 6.07 Å². The Kier molecular flexibility index (Phi) is 2.89. The minimum absolute atomic E-state index is 0.427. The molecule has 0 unspecified atom stereocenters. The van der Waals surface area contributed by atoms with E-state index in [9.17, 15) is 0 Å². The van der Waals surface area contributed by atoms with Gasteiger partial charge in [-0.1, -0.05) is 35.3 Å². The second kappa shape index (κ2) is 4.17. The minimum atomic E-state index is 0.427. The first kappa shape index (κ1) is 10.4. The van der Waals surface area contributed by atoms with Crippen molar-refractivity contribution in [3.8, 4) is 11.3 Å². The molecule has 0 saturated carbocycles. The molecule has 0 atom stereocenters. The van der Waals surface area contributed by atoms with Gasteiger partial charge < -0.3 is 0 Å². The molecule has 0 fully saturated rings. The van der Waals surface area contributed by atoms with Crippen LogP contribution in [0.4, 0.5) is 0 Å². The summed E-state index contributed by atoms with van der Waals surface area (Å²) < 4.78 is 0. The standard InChI is InChI=1S/C11H8Cl2N2/c1-7-2-3-8(4-9(7)12)10-5-11(13)15-6-14-10/h2-6H,1H3. The number of halogens is 2. The summed E-state index contributed by atoms with van der Waals surface area (Å²) in [6, 6.07) is 7.49. The summed E-state index contributed by atoms with van der Waals surface area (Å²) in [4.78, 5) is 7.95. The summed E-state index contributed by atoms with van der Waals surface area (Å²) in [6.07, 6.45) is 1.44. The molecule has 0 spiro atoms. The summed E-state index contributed by atoms with van der Waals surface area (Å²) in [5.74, 6) is 0. The lowest BCUT2D eigenvalue weighted by atomic mass is 10.1. The number of nitrogens with zero attached hydrogens (tertiary/aromatic N) is 2. The molecule has 15 heavy (non-hydrogen) atoms. The zero-order chi connectivity index (χ0) is 10.8. The molecule has 0 N–H and O–H groups in total. The van der Waals surface area contributed by atoms with E-state index in [-0.39, 0.29) is 0 Å². The van der Waals surface area contributed by atoms with Crippen molar-refractivity contribution in [1.29, 1.82) is 0 Å². The number of aromatic nitrogens is 2. The molecule has 1 aromatic heterocycles. The third-order valence-corrected chi connectivity index (χ3v) is 2.72. The van der Waals surface area contributed by atoms with E-state index < -0.39 is 0 Å². The third kappa shape index (κ3) is 2.28. The Hall–Kier alpha value is -1.12. The van der Waals surface area contributed by atoms with Gasteiger partial charge in [-0.3, -0.25) is 0 Å². The van der Waals surface area contributed by atoms with E-state index in [4.69, 9.17) is 23.2 Å². The Labute approximate surface area is 97.9 Å². The molecule has 76 valence electrons. The van der Waals surface area contributed by atoms with Gasteiger partial charge in [0.1, 0.15) is 11.5 Å². The zero-order valence-corrected chi connectivity index (χ0v) is 9.55. The van der Waals surface area contributed by atoms with Gasteiger partial charge in [0.15, 0.2) is 0 Å². The normalized spacial score (nSPS) is 10.3. The van der Waals surface area contributed by atoms with Crippen LogP contribution in [0.1, 0.15) is 5.56 Å². The predicted molar refractivity (Wildman–Crippen MR) is 62.2 cm³/mol. The fourth-order valence-electron chi connectivity index (χ4n) is 1.24. The molecule has 2 rings (SSSR count). The molecular weight excluding hydrogens is 231 g/mol. The SMILES string of the molecule is Cc1ccc(-c2cc(Cl)ncn2)cc1Cl. The summed E-state index contributed by atoms with van der Waals surface area (Å²) in [6.45, 7) is 1.96.